The van der Waals surface area contributed by atoms with Crippen LogP contribution in [0.15, 0.2) is 9.59 Å². The highest BCUT2D eigenvalue weighted by Gasteiger charge is 2.18. The molecule has 0 bridgehead atoms. The largest absolute Gasteiger partial charge is 0.465 e. The van der Waals surface area contributed by atoms with E-state index in [1.54, 1.807) is 13.8 Å². The summed E-state index contributed by atoms with van der Waals surface area (Å²) >= 11 is 1.10. The number of carbonyl (C=O) groups excluding carboxylic acids is 2. The predicted octanol–water partition coefficient (Wildman–Crippen LogP) is 0.0362. The van der Waals surface area contributed by atoms with Crippen LogP contribution in [0.3, 0.4) is 0 Å². The van der Waals surface area contributed by atoms with Gasteiger partial charge in [0.05, 0.1) is 24.5 Å². The third-order valence-electron chi connectivity index (χ3n) is 2.29. The highest BCUT2D eigenvalue weighted by molar-refractivity contribution is 7.99. The molecule has 1 aromatic heterocycles. The monoisotopic (exact) mass is 316 g/mol. The van der Waals surface area contributed by atoms with Crippen molar-refractivity contribution in [2.75, 3.05) is 19.0 Å². The zero-order valence-electron chi connectivity index (χ0n) is 11.7. The van der Waals surface area contributed by atoms with Gasteiger partial charge in [0.25, 0.3) is 5.56 Å². The number of aromatic nitrogens is 2. The molecule has 0 aliphatic carbocycles. The number of H-pyrrole nitrogens is 2. The van der Waals surface area contributed by atoms with E-state index < -0.39 is 23.2 Å². The van der Waals surface area contributed by atoms with Crippen LogP contribution in [0, 0.1) is 0 Å². The lowest BCUT2D eigenvalue weighted by atomic mass is 10.2. The molecule has 0 amide bonds. The van der Waals surface area contributed by atoms with Crippen LogP contribution in [0.5, 0.6) is 0 Å². The van der Waals surface area contributed by atoms with Crippen LogP contribution in [-0.4, -0.2) is 40.9 Å². The van der Waals surface area contributed by atoms with E-state index in [1.807, 2.05) is 4.98 Å². The molecule has 0 unspecified atom stereocenters. The number of carbonyl (C=O) groups is 2. The highest BCUT2D eigenvalue weighted by atomic mass is 32.2. The number of hydrogen-bond acceptors (Lipinski definition) is 7. The number of rotatable bonds is 7. The van der Waals surface area contributed by atoms with Crippen LogP contribution >= 0.6 is 11.8 Å². The lowest BCUT2D eigenvalue weighted by Crippen LogP contribution is -2.30. The maximum absolute atomic E-state index is 11.8. The summed E-state index contributed by atoms with van der Waals surface area (Å²) in [7, 11) is 0. The molecule has 0 aliphatic rings. The molecule has 0 saturated carbocycles. The van der Waals surface area contributed by atoms with Crippen molar-refractivity contribution >= 4 is 23.7 Å². The Hall–Kier alpha value is -2.03. The van der Waals surface area contributed by atoms with Crippen molar-refractivity contribution in [2.24, 2.45) is 0 Å². The second-order valence-corrected chi connectivity index (χ2v) is 4.77. The summed E-state index contributed by atoms with van der Waals surface area (Å²) < 4.78 is 9.53. The summed E-state index contributed by atoms with van der Waals surface area (Å²) in [6, 6.07) is 0. The fourth-order valence-corrected chi connectivity index (χ4v) is 2.30. The van der Waals surface area contributed by atoms with Gasteiger partial charge in [-0.1, -0.05) is 0 Å². The van der Waals surface area contributed by atoms with Crippen LogP contribution in [-0.2, 0) is 20.0 Å². The van der Waals surface area contributed by atoms with Crippen molar-refractivity contribution in [3.05, 3.63) is 32.1 Å². The first-order chi connectivity index (χ1) is 9.99. The topological polar surface area (TPSA) is 118 Å². The smallest absolute Gasteiger partial charge is 0.355 e. The predicted molar refractivity (Wildman–Crippen MR) is 76.4 cm³/mol. The summed E-state index contributed by atoms with van der Waals surface area (Å²) in [4.78, 5) is 50.2. The Bertz CT molecular complexity index is 621. The third-order valence-corrected chi connectivity index (χ3v) is 3.23. The molecular weight excluding hydrogens is 300 g/mol. The van der Waals surface area contributed by atoms with Gasteiger partial charge in [-0.3, -0.25) is 14.6 Å². The maximum Gasteiger partial charge on any atom is 0.355 e. The fraction of sp³-hybridized carbons (Fsp3) is 0.500. The average molecular weight is 316 g/mol. The molecule has 8 nitrogen and oxygen atoms in total. The third kappa shape index (κ3) is 5.10. The molecule has 1 rings (SSSR count). The maximum atomic E-state index is 11.8. The molecule has 0 atom stereocenters. The van der Waals surface area contributed by atoms with E-state index in [2.05, 4.69) is 4.98 Å². The van der Waals surface area contributed by atoms with Gasteiger partial charge in [-0.15, -0.1) is 11.8 Å². The quantitative estimate of drug-likeness (QED) is 0.681. The van der Waals surface area contributed by atoms with Crippen molar-refractivity contribution in [3.8, 4) is 0 Å². The highest BCUT2D eigenvalue weighted by Crippen LogP contribution is 2.12. The second-order valence-electron chi connectivity index (χ2n) is 3.78. The molecule has 0 aliphatic heterocycles. The zero-order valence-corrected chi connectivity index (χ0v) is 12.5. The molecule has 0 radical (unpaired) electrons. The van der Waals surface area contributed by atoms with Crippen molar-refractivity contribution < 1.29 is 19.1 Å². The average Bonchev–Trinajstić information content (AvgIpc) is 2.41. The molecule has 0 spiro atoms. The molecule has 116 valence electrons. The molecule has 0 saturated heterocycles. The van der Waals surface area contributed by atoms with Crippen molar-refractivity contribution in [2.45, 2.75) is 19.6 Å². The van der Waals surface area contributed by atoms with Gasteiger partial charge in [0.2, 0.25) is 0 Å². The van der Waals surface area contributed by atoms with Gasteiger partial charge < -0.3 is 14.5 Å². The first kappa shape index (κ1) is 17.0. The summed E-state index contributed by atoms with van der Waals surface area (Å²) in [5.74, 6) is -1.10. The Morgan fingerprint density at radius 2 is 1.76 bits per heavy atom. The molecule has 0 fully saturated rings. The number of aromatic amines is 2. The zero-order chi connectivity index (χ0) is 15.8. The van der Waals surface area contributed by atoms with Gasteiger partial charge in [0.15, 0.2) is 0 Å². The van der Waals surface area contributed by atoms with Crippen LogP contribution in [0.4, 0.5) is 0 Å². The van der Waals surface area contributed by atoms with E-state index in [4.69, 9.17) is 9.47 Å². The number of esters is 2. The molecule has 2 N–H and O–H groups in total. The number of nitrogens with one attached hydrogen (secondary N) is 2. The van der Waals surface area contributed by atoms with E-state index >= 15 is 0 Å². The van der Waals surface area contributed by atoms with Crippen molar-refractivity contribution in [1.82, 2.24) is 9.97 Å². The number of hydrogen-bond donors (Lipinski definition) is 2. The van der Waals surface area contributed by atoms with E-state index in [1.165, 1.54) is 0 Å². The Morgan fingerprint density at radius 1 is 1.10 bits per heavy atom. The first-order valence-corrected chi connectivity index (χ1v) is 7.41. The lowest BCUT2D eigenvalue weighted by Gasteiger charge is -2.07. The summed E-state index contributed by atoms with van der Waals surface area (Å²) in [5.41, 5.74) is -1.61. The van der Waals surface area contributed by atoms with E-state index in [-0.39, 0.29) is 36.0 Å². The molecule has 1 heterocycles. The molecular formula is C12H16N2O6S. The van der Waals surface area contributed by atoms with Gasteiger partial charge in [-0.05, 0) is 13.8 Å². The minimum absolute atomic E-state index is 0.0364. The SMILES string of the molecule is CCOC(=O)CSCc1c(C(=O)OCC)[nH]c(=O)[nH]c1=O. The minimum Gasteiger partial charge on any atom is -0.465 e. The van der Waals surface area contributed by atoms with Crippen LogP contribution < -0.4 is 11.2 Å². The van der Waals surface area contributed by atoms with Gasteiger partial charge >= 0.3 is 17.6 Å². The van der Waals surface area contributed by atoms with E-state index in [0.717, 1.165) is 11.8 Å². The lowest BCUT2D eigenvalue weighted by molar-refractivity contribution is -0.139. The van der Waals surface area contributed by atoms with E-state index in [9.17, 15) is 19.2 Å². The van der Waals surface area contributed by atoms with Gasteiger partial charge in [0, 0.05) is 5.75 Å². The number of ether oxygens (including phenoxy) is 2. The fourth-order valence-electron chi connectivity index (χ4n) is 1.47. The molecule has 0 aromatic carbocycles. The van der Waals surface area contributed by atoms with Gasteiger partial charge in [-0.2, -0.15) is 0 Å². The Labute approximate surface area is 124 Å². The minimum atomic E-state index is -0.790. The Morgan fingerprint density at radius 3 is 2.38 bits per heavy atom. The van der Waals surface area contributed by atoms with Crippen molar-refractivity contribution in [1.29, 1.82) is 0 Å². The van der Waals surface area contributed by atoms with Gasteiger partial charge in [0.1, 0.15) is 5.69 Å². The Balaban J connectivity index is 2.90. The summed E-state index contributed by atoms with van der Waals surface area (Å²) in [6.07, 6.45) is 0. The van der Waals surface area contributed by atoms with Crippen LogP contribution in [0.2, 0.25) is 0 Å². The first-order valence-electron chi connectivity index (χ1n) is 6.25. The Kier molecular flexibility index (Phi) is 6.73. The van der Waals surface area contributed by atoms with E-state index in [0.29, 0.717) is 0 Å². The second kappa shape index (κ2) is 8.30. The van der Waals surface area contributed by atoms with Crippen molar-refractivity contribution in [3.63, 3.8) is 0 Å². The normalized spacial score (nSPS) is 10.2. The standard InChI is InChI=1S/C12H16N2O6S/c1-3-19-8(15)6-21-5-7-9(11(17)20-4-2)13-12(18)14-10(7)16/h3-6H2,1-2H3,(H2,13,14,16,18). The van der Waals surface area contributed by atoms with Crippen LogP contribution in [0.1, 0.15) is 29.9 Å². The van der Waals surface area contributed by atoms with Crippen LogP contribution in [0.25, 0.3) is 0 Å². The molecule has 21 heavy (non-hydrogen) atoms. The molecule has 9 heteroatoms. The van der Waals surface area contributed by atoms with Gasteiger partial charge in [-0.25, -0.2) is 9.59 Å². The number of thioether (sulfide) groups is 1. The summed E-state index contributed by atoms with van der Waals surface area (Å²) in [6.45, 7) is 3.68. The summed E-state index contributed by atoms with van der Waals surface area (Å²) in [5, 5.41) is 0. The molecule has 1 aromatic rings.